The fourth-order valence-electron chi connectivity index (χ4n) is 1.56. The Bertz CT molecular complexity index is 298. The third-order valence-electron chi connectivity index (χ3n) is 2.53. The molecule has 0 aliphatic rings. The molecule has 16 heavy (non-hydrogen) atoms. The van der Waals surface area contributed by atoms with Crippen molar-refractivity contribution in [2.24, 2.45) is 0 Å². The molecule has 4 heteroatoms. The predicted molar refractivity (Wildman–Crippen MR) is 64.5 cm³/mol. The SMILES string of the molecule is CCN(CCCO)c1ccc([C@H](C)O)nc1. The van der Waals surface area contributed by atoms with Crippen molar-refractivity contribution >= 4 is 5.69 Å². The van der Waals surface area contributed by atoms with Gasteiger partial charge in [0, 0.05) is 19.7 Å². The first kappa shape index (κ1) is 12.9. The minimum absolute atomic E-state index is 0.204. The Hall–Kier alpha value is -1.13. The summed E-state index contributed by atoms with van der Waals surface area (Å²) in [6, 6.07) is 3.79. The van der Waals surface area contributed by atoms with Crippen LogP contribution in [-0.4, -0.2) is 34.9 Å². The molecule has 1 aromatic heterocycles. The Morgan fingerprint density at radius 2 is 2.19 bits per heavy atom. The number of pyridine rings is 1. The molecule has 0 aliphatic heterocycles. The average Bonchev–Trinajstić information content (AvgIpc) is 2.30. The van der Waals surface area contributed by atoms with Gasteiger partial charge in [-0.2, -0.15) is 0 Å². The second-order valence-electron chi connectivity index (χ2n) is 3.77. The van der Waals surface area contributed by atoms with E-state index in [-0.39, 0.29) is 6.61 Å². The van der Waals surface area contributed by atoms with Crippen molar-refractivity contribution in [1.82, 2.24) is 4.98 Å². The van der Waals surface area contributed by atoms with Crippen LogP contribution >= 0.6 is 0 Å². The summed E-state index contributed by atoms with van der Waals surface area (Å²) in [4.78, 5) is 6.35. The standard InChI is InChI=1S/C12H20N2O2/c1-3-14(7-4-8-15)11-5-6-12(10(2)16)13-9-11/h5-6,9-10,15-16H,3-4,7-8H2,1-2H3/t10-/m0/s1. The Balaban J connectivity index is 2.70. The summed E-state index contributed by atoms with van der Waals surface area (Å²) in [6.45, 7) is 5.68. The molecule has 0 saturated heterocycles. The van der Waals surface area contributed by atoms with Crippen LogP contribution in [0.1, 0.15) is 32.1 Å². The van der Waals surface area contributed by atoms with Crippen LogP contribution in [0, 0.1) is 0 Å². The van der Waals surface area contributed by atoms with E-state index in [0.29, 0.717) is 5.69 Å². The van der Waals surface area contributed by atoms with E-state index in [9.17, 15) is 5.11 Å². The molecular formula is C12H20N2O2. The highest BCUT2D eigenvalue weighted by molar-refractivity contribution is 5.44. The molecule has 0 unspecified atom stereocenters. The predicted octanol–water partition coefficient (Wildman–Crippen LogP) is 1.34. The van der Waals surface area contributed by atoms with Crippen molar-refractivity contribution in [2.75, 3.05) is 24.6 Å². The molecule has 0 radical (unpaired) electrons. The summed E-state index contributed by atoms with van der Waals surface area (Å²) in [6.07, 6.45) is 2.00. The maximum Gasteiger partial charge on any atom is 0.0931 e. The Labute approximate surface area is 96.6 Å². The first-order valence-corrected chi connectivity index (χ1v) is 5.68. The lowest BCUT2D eigenvalue weighted by Crippen LogP contribution is -2.24. The number of anilines is 1. The number of rotatable bonds is 6. The fraction of sp³-hybridized carbons (Fsp3) is 0.583. The minimum atomic E-state index is -0.526. The fourth-order valence-corrected chi connectivity index (χ4v) is 1.56. The van der Waals surface area contributed by atoms with Gasteiger partial charge in [0.1, 0.15) is 0 Å². The second-order valence-corrected chi connectivity index (χ2v) is 3.77. The van der Waals surface area contributed by atoms with E-state index in [2.05, 4.69) is 16.8 Å². The largest absolute Gasteiger partial charge is 0.396 e. The number of nitrogens with zero attached hydrogens (tertiary/aromatic N) is 2. The van der Waals surface area contributed by atoms with E-state index >= 15 is 0 Å². The van der Waals surface area contributed by atoms with Crippen LogP contribution in [0.4, 0.5) is 5.69 Å². The van der Waals surface area contributed by atoms with Gasteiger partial charge in [0.15, 0.2) is 0 Å². The summed E-state index contributed by atoms with van der Waals surface area (Å²) < 4.78 is 0. The molecule has 0 aliphatic carbocycles. The molecule has 1 atom stereocenters. The first-order chi connectivity index (χ1) is 7.69. The van der Waals surface area contributed by atoms with E-state index in [0.717, 1.165) is 25.2 Å². The molecule has 1 aromatic rings. The van der Waals surface area contributed by atoms with Crippen molar-refractivity contribution in [2.45, 2.75) is 26.4 Å². The second kappa shape index (κ2) is 6.45. The number of hydrogen-bond acceptors (Lipinski definition) is 4. The average molecular weight is 224 g/mol. The molecule has 2 N–H and O–H groups in total. The van der Waals surface area contributed by atoms with Crippen LogP contribution in [0.2, 0.25) is 0 Å². The molecule has 0 aromatic carbocycles. The minimum Gasteiger partial charge on any atom is -0.396 e. The van der Waals surface area contributed by atoms with Gasteiger partial charge >= 0.3 is 0 Å². The normalized spacial score (nSPS) is 12.5. The van der Waals surface area contributed by atoms with Crippen molar-refractivity contribution in [3.8, 4) is 0 Å². The highest BCUT2D eigenvalue weighted by Gasteiger charge is 2.06. The lowest BCUT2D eigenvalue weighted by molar-refractivity contribution is 0.194. The summed E-state index contributed by atoms with van der Waals surface area (Å²) in [7, 11) is 0. The third-order valence-corrected chi connectivity index (χ3v) is 2.53. The van der Waals surface area contributed by atoms with E-state index in [1.165, 1.54) is 0 Å². The summed E-state index contributed by atoms with van der Waals surface area (Å²) in [5.74, 6) is 0. The molecule has 0 fully saturated rings. The van der Waals surface area contributed by atoms with Gasteiger partial charge in [0.2, 0.25) is 0 Å². The molecule has 0 bridgehead atoms. The molecule has 90 valence electrons. The van der Waals surface area contributed by atoms with Crippen LogP contribution in [0.3, 0.4) is 0 Å². The lowest BCUT2D eigenvalue weighted by atomic mass is 10.2. The molecule has 1 heterocycles. The van der Waals surface area contributed by atoms with Crippen LogP contribution in [-0.2, 0) is 0 Å². The number of hydrogen-bond donors (Lipinski definition) is 2. The van der Waals surface area contributed by atoms with Crippen LogP contribution in [0.5, 0.6) is 0 Å². The number of aliphatic hydroxyl groups excluding tert-OH is 2. The summed E-state index contributed by atoms with van der Waals surface area (Å²) >= 11 is 0. The molecular weight excluding hydrogens is 204 g/mol. The van der Waals surface area contributed by atoms with Crippen molar-refractivity contribution in [1.29, 1.82) is 0 Å². The van der Waals surface area contributed by atoms with Crippen molar-refractivity contribution < 1.29 is 10.2 Å². The molecule has 4 nitrogen and oxygen atoms in total. The monoisotopic (exact) mass is 224 g/mol. The van der Waals surface area contributed by atoms with E-state index in [1.807, 2.05) is 12.1 Å². The van der Waals surface area contributed by atoms with Gasteiger partial charge in [-0.1, -0.05) is 0 Å². The van der Waals surface area contributed by atoms with Crippen LogP contribution < -0.4 is 4.90 Å². The van der Waals surface area contributed by atoms with Gasteiger partial charge < -0.3 is 15.1 Å². The lowest BCUT2D eigenvalue weighted by Gasteiger charge is -2.22. The van der Waals surface area contributed by atoms with Gasteiger partial charge in [0.25, 0.3) is 0 Å². The van der Waals surface area contributed by atoms with Crippen molar-refractivity contribution in [3.63, 3.8) is 0 Å². The Kier molecular flexibility index (Phi) is 5.22. The van der Waals surface area contributed by atoms with Crippen molar-refractivity contribution in [3.05, 3.63) is 24.0 Å². The van der Waals surface area contributed by atoms with Gasteiger partial charge in [-0.3, -0.25) is 4.98 Å². The molecule has 0 saturated carbocycles. The molecule has 1 rings (SSSR count). The zero-order valence-electron chi connectivity index (χ0n) is 9.93. The molecule has 0 amide bonds. The smallest absolute Gasteiger partial charge is 0.0931 e. The zero-order chi connectivity index (χ0) is 12.0. The van der Waals surface area contributed by atoms with Crippen LogP contribution in [0.15, 0.2) is 18.3 Å². The van der Waals surface area contributed by atoms with Gasteiger partial charge in [-0.15, -0.1) is 0 Å². The first-order valence-electron chi connectivity index (χ1n) is 5.68. The van der Waals surface area contributed by atoms with Gasteiger partial charge in [0.05, 0.1) is 23.7 Å². The highest BCUT2D eigenvalue weighted by atomic mass is 16.3. The Morgan fingerprint density at radius 1 is 1.44 bits per heavy atom. The maximum absolute atomic E-state index is 9.34. The Morgan fingerprint density at radius 3 is 2.62 bits per heavy atom. The quantitative estimate of drug-likeness (QED) is 0.765. The van der Waals surface area contributed by atoms with E-state index < -0.39 is 6.10 Å². The van der Waals surface area contributed by atoms with E-state index in [1.54, 1.807) is 13.1 Å². The number of aromatic nitrogens is 1. The van der Waals surface area contributed by atoms with Gasteiger partial charge in [-0.05, 0) is 32.4 Å². The third kappa shape index (κ3) is 3.47. The highest BCUT2D eigenvalue weighted by Crippen LogP contribution is 2.16. The summed E-state index contributed by atoms with van der Waals surface area (Å²) in [5, 5.41) is 18.1. The topological polar surface area (TPSA) is 56.6 Å². The van der Waals surface area contributed by atoms with Crippen LogP contribution in [0.25, 0.3) is 0 Å². The van der Waals surface area contributed by atoms with E-state index in [4.69, 9.17) is 5.11 Å². The number of aliphatic hydroxyl groups is 2. The van der Waals surface area contributed by atoms with Gasteiger partial charge in [-0.25, -0.2) is 0 Å². The molecule has 0 spiro atoms. The maximum atomic E-state index is 9.34. The summed E-state index contributed by atoms with van der Waals surface area (Å²) in [5.41, 5.74) is 1.71. The zero-order valence-corrected chi connectivity index (χ0v) is 9.93.